The second-order valence-electron chi connectivity index (χ2n) is 6.31. The molecule has 1 fully saturated rings. The van der Waals surface area contributed by atoms with E-state index in [2.05, 4.69) is 69.0 Å². The van der Waals surface area contributed by atoms with E-state index >= 15 is 0 Å². The summed E-state index contributed by atoms with van der Waals surface area (Å²) in [7, 11) is 6.22. The quantitative estimate of drug-likeness (QED) is 0.677. The van der Waals surface area contributed by atoms with Gasteiger partial charge in [-0.2, -0.15) is 0 Å². The Morgan fingerprint density at radius 3 is 2.39 bits per heavy atom. The minimum Gasteiger partial charge on any atom is -0.374 e. The molecule has 0 aliphatic heterocycles. The molecule has 1 heterocycles. The van der Waals surface area contributed by atoms with E-state index in [1.54, 1.807) is 12.4 Å². The maximum Gasteiger partial charge on any atom is 0.225 e. The van der Waals surface area contributed by atoms with Gasteiger partial charge in [0.2, 0.25) is 5.95 Å². The zero-order valence-electron chi connectivity index (χ0n) is 14.3. The normalized spacial score (nSPS) is 22.0. The molecule has 1 saturated carbocycles. The number of nitrogens with zero attached hydrogens (tertiary/aromatic N) is 4. The zero-order chi connectivity index (χ0) is 16.7. The van der Waals surface area contributed by atoms with Gasteiger partial charge in [-0.1, -0.05) is 12.2 Å². The number of aromatic nitrogens is 2. The molecular weight excluding hydrogens is 356 g/mol. The smallest absolute Gasteiger partial charge is 0.225 e. The van der Waals surface area contributed by atoms with Gasteiger partial charge in [-0.3, -0.25) is 0 Å². The van der Waals surface area contributed by atoms with Gasteiger partial charge in [0.1, 0.15) is 0 Å². The van der Waals surface area contributed by atoms with Crippen LogP contribution in [0.4, 0.5) is 5.95 Å². The van der Waals surface area contributed by atoms with Crippen LogP contribution in [0.25, 0.3) is 0 Å². The van der Waals surface area contributed by atoms with Crippen molar-refractivity contribution in [2.75, 3.05) is 39.2 Å². The van der Waals surface area contributed by atoms with Crippen LogP contribution in [0.3, 0.4) is 0 Å². The fourth-order valence-corrected chi connectivity index (χ4v) is 3.00. The SMILES string of the molecule is CN(C)C/C=C/COC1CCC(N(C)c2ncc(Br)cn2)CC1. The van der Waals surface area contributed by atoms with Crippen LogP contribution in [-0.2, 0) is 4.74 Å². The molecule has 1 aromatic heterocycles. The first-order valence-corrected chi connectivity index (χ1v) is 8.97. The van der Waals surface area contributed by atoms with Crippen LogP contribution in [-0.4, -0.2) is 61.3 Å². The van der Waals surface area contributed by atoms with E-state index in [4.69, 9.17) is 4.74 Å². The van der Waals surface area contributed by atoms with Crippen molar-refractivity contribution in [1.29, 1.82) is 0 Å². The first kappa shape index (κ1) is 18.4. The van der Waals surface area contributed by atoms with Crippen molar-refractivity contribution in [3.63, 3.8) is 0 Å². The number of likely N-dealkylation sites (N-methyl/N-ethyl adjacent to an activating group) is 1. The van der Waals surface area contributed by atoms with Crippen molar-refractivity contribution in [3.8, 4) is 0 Å². The van der Waals surface area contributed by atoms with E-state index in [1.807, 2.05) is 0 Å². The first-order chi connectivity index (χ1) is 11.1. The summed E-state index contributed by atoms with van der Waals surface area (Å²) in [5, 5.41) is 0. The maximum atomic E-state index is 5.95. The van der Waals surface area contributed by atoms with Gasteiger partial charge in [0.05, 0.1) is 17.2 Å². The number of rotatable bonds is 7. The monoisotopic (exact) mass is 382 g/mol. The highest BCUT2D eigenvalue weighted by Gasteiger charge is 2.25. The summed E-state index contributed by atoms with van der Waals surface area (Å²) in [6.45, 7) is 1.68. The minimum absolute atomic E-state index is 0.384. The Balaban J connectivity index is 1.71. The van der Waals surface area contributed by atoms with Crippen molar-refractivity contribution in [1.82, 2.24) is 14.9 Å². The van der Waals surface area contributed by atoms with Crippen molar-refractivity contribution in [2.45, 2.75) is 37.8 Å². The van der Waals surface area contributed by atoms with E-state index in [1.165, 1.54) is 0 Å². The molecule has 1 aromatic rings. The van der Waals surface area contributed by atoms with Crippen LogP contribution in [0.1, 0.15) is 25.7 Å². The fourth-order valence-electron chi connectivity index (χ4n) is 2.80. The third-order valence-corrected chi connectivity index (χ3v) is 4.59. The van der Waals surface area contributed by atoms with Crippen molar-refractivity contribution < 1.29 is 4.74 Å². The molecule has 0 unspecified atom stereocenters. The van der Waals surface area contributed by atoms with Crippen LogP contribution in [0.2, 0.25) is 0 Å². The van der Waals surface area contributed by atoms with Crippen LogP contribution in [0.15, 0.2) is 29.0 Å². The predicted molar refractivity (Wildman–Crippen MR) is 97.8 cm³/mol. The predicted octanol–water partition coefficient (Wildman–Crippen LogP) is 3.12. The summed E-state index contributed by atoms with van der Waals surface area (Å²) in [5.41, 5.74) is 0. The molecule has 0 aromatic carbocycles. The lowest BCUT2D eigenvalue weighted by atomic mass is 9.92. The number of ether oxygens (including phenoxy) is 1. The Bertz CT molecular complexity index is 484. The highest BCUT2D eigenvalue weighted by molar-refractivity contribution is 9.10. The molecule has 128 valence electrons. The van der Waals surface area contributed by atoms with Crippen molar-refractivity contribution in [2.24, 2.45) is 0 Å². The molecule has 2 rings (SSSR count). The molecule has 0 N–H and O–H groups in total. The van der Waals surface area contributed by atoms with Crippen LogP contribution >= 0.6 is 15.9 Å². The third-order valence-electron chi connectivity index (χ3n) is 4.18. The molecule has 0 radical (unpaired) electrons. The Morgan fingerprint density at radius 2 is 1.78 bits per heavy atom. The van der Waals surface area contributed by atoms with Crippen molar-refractivity contribution >= 4 is 21.9 Å². The zero-order valence-corrected chi connectivity index (χ0v) is 15.9. The van der Waals surface area contributed by atoms with E-state index in [0.717, 1.165) is 49.3 Å². The number of halogens is 1. The van der Waals surface area contributed by atoms with E-state index in [-0.39, 0.29) is 0 Å². The van der Waals surface area contributed by atoms with E-state index in [0.29, 0.717) is 12.1 Å². The molecule has 5 nitrogen and oxygen atoms in total. The maximum absolute atomic E-state index is 5.95. The van der Waals surface area contributed by atoms with Crippen LogP contribution < -0.4 is 4.90 Å². The molecule has 23 heavy (non-hydrogen) atoms. The molecule has 6 heteroatoms. The highest BCUT2D eigenvalue weighted by atomic mass is 79.9. The molecule has 0 amide bonds. The summed E-state index contributed by atoms with van der Waals surface area (Å²) in [5.74, 6) is 0.796. The van der Waals surface area contributed by atoms with E-state index < -0.39 is 0 Å². The van der Waals surface area contributed by atoms with Gasteiger partial charge < -0.3 is 14.5 Å². The Morgan fingerprint density at radius 1 is 1.13 bits per heavy atom. The van der Waals surface area contributed by atoms with Gasteiger partial charge in [-0.25, -0.2) is 9.97 Å². The average Bonchev–Trinajstić information content (AvgIpc) is 2.55. The van der Waals surface area contributed by atoms with E-state index in [9.17, 15) is 0 Å². The van der Waals surface area contributed by atoms with Gasteiger partial charge in [0.15, 0.2) is 0 Å². The van der Waals surface area contributed by atoms with Gasteiger partial charge in [-0.15, -0.1) is 0 Å². The topological polar surface area (TPSA) is 41.5 Å². The van der Waals surface area contributed by atoms with Gasteiger partial charge in [0, 0.05) is 32.0 Å². The fraction of sp³-hybridized carbons (Fsp3) is 0.647. The molecule has 1 aliphatic carbocycles. The number of hydrogen-bond acceptors (Lipinski definition) is 5. The molecule has 1 aliphatic rings. The molecule has 0 atom stereocenters. The summed E-state index contributed by atoms with van der Waals surface area (Å²) < 4.78 is 6.86. The second-order valence-corrected chi connectivity index (χ2v) is 7.23. The summed E-state index contributed by atoms with van der Waals surface area (Å²) in [6, 6.07) is 0.500. The summed E-state index contributed by atoms with van der Waals surface area (Å²) >= 11 is 3.37. The highest BCUT2D eigenvalue weighted by Crippen LogP contribution is 2.26. The Labute approximate surface area is 147 Å². The first-order valence-electron chi connectivity index (χ1n) is 8.18. The molecule has 0 bridgehead atoms. The van der Waals surface area contributed by atoms with Gasteiger partial charge in [-0.05, 0) is 55.7 Å². The number of anilines is 1. The Hall–Kier alpha value is -0.980. The minimum atomic E-state index is 0.384. The molecule has 0 spiro atoms. The lowest BCUT2D eigenvalue weighted by Gasteiger charge is -2.34. The number of hydrogen-bond donors (Lipinski definition) is 0. The molecule has 0 saturated heterocycles. The third kappa shape index (κ3) is 6.20. The van der Waals surface area contributed by atoms with Crippen molar-refractivity contribution in [3.05, 3.63) is 29.0 Å². The lowest BCUT2D eigenvalue weighted by molar-refractivity contribution is 0.0422. The van der Waals surface area contributed by atoms with Gasteiger partial charge >= 0.3 is 0 Å². The summed E-state index contributed by atoms with van der Waals surface area (Å²) in [6.07, 6.45) is 12.7. The molecular formula is C17H27BrN4O. The standard InChI is InChI=1S/C17H27BrN4O/c1-21(2)10-4-5-11-23-16-8-6-15(7-9-16)22(3)17-19-12-14(18)13-20-17/h4-5,12-13,15-16H,6-11H2,1-3H3/b5-4+. The Kier molecular flexibility index (Phi) is 7.46. The largest absolute Gasteiger partial charge is 0.374 e. The van der Waals surface area contributed by atoms with Crippen LogP contribution in [0.5, 0.6) is 0 Å². The summed E-state index contributed by atoms with van der Waals surface area (Å²) in [4.78, 5) is 13.1. The second kappa shape index (κ2) is 9.35. The van der Waals surface area contributed by atoms with Gasteiger partial charge in [0.25, 0.3) is 0 Å². The van der Waals surface area contributed by atoms with Crippen LogP contribution in [0, 0.1) is 0 Å². The average molecular weight is 383 g/mol. The lowest BCUT2D eigenvalue weighted by Crippen LogP contribution is -2.38.